The lowest BCUT2D eigenvalue weighted by molar-refractivity contribution is -0.511. The van der Waals surface area contributed by atoms with Crippen LogP contribution in [0.4, 0.5) is 0 Å². The summed E-state index contributed by atoms with van der Waals surface area (Å²) in [5.74, 6) is 1.91. The van der Waals surface area contributed by atoms with E-state index in [1.807, 2.05) is 0 Å². The largest absolute Gasteiger partial charge is 0.382 e. The van der Waals surface area contributed by atoms with Crippen molar-refractivity contribution >= 4 is 0 Å². The third-order valence-corrected chi connectivity index (χ3v) is 4.93. The van der Waals surface area contributed by atoms with Gasteiger partial charge in [-0.25, -0.2) is 0 Å². The molecule has 0 radical (unpaired) electrons. The van der Waals surface area contributed by atoms with Crippen LogP contribution in [-0.4, -0.2) is 22.2 Å². The number of rotatable bonds is 2. The molecule has 0 spiro atoms. The lowest BCUT2D eigenvalue weighted by Gasteiger charge is -2.57. The maximum Gasteiger partial charge on any atom is 0.232 e. The molecule has 4 bridgehead atoms. The molecule has 0 aromatic carbocycles. The van der Waals surface area contributed by atoms with Crippen LogP contribution in [0, 0.1) is 33.8 Å². The quantitative estimate of drug-likeness (QED) is 0.555. The van der Waals surface area contributed by atoms with Gasteiger partial charge in [0.2, 0.25) is 6.54 Å². The van der Waals surface area contributed by atoms with Crippen LogP contribution in [0.2, 0.25) is 0 Å². The maximum atomic E-state index is 10.6. The Kier molecular flexibility index (Phi) is 1.88. The van der Waals surface area contributed by atoms with Crippen molar-refractivity contribution in [3.63, 3.8) is 0 Å². The van der Waals surface area contributed by atoms with Crippen LogP contribution in [0.25, 0.3) is 0 Å². The molecule has 0 saturated heterocycles. The SMILES string of the molecule is O=[N+]([O-])CC1(O)C2CC3CC(C2)CC1C3. The normalized spacial score (nSPS) is 52.1. The first-order valence-electron chi connectivity index (χ1n) is 5.92. The van der Waals surface area contributed by atoms with Gasteiger partial charge in [0, 0.05) is 4.92 Å². The maximum absolute atomic E-state index is 10.6. The van der Waals surface area contributed by atoms with Crippen LogP contribution in [0.5, 0.6) is 0 Å². The summed E-state index contributed by atoms with van der Waals surface area (Å²) in [6.45, 7) is -0.234. The zero-order chi connectivity index (χ0) is 10.6. The molecule has 4 nitrogen and oxygen atoms in total. The van der Waals surface area contributed by atoms with E-state index in [0.717, 1.165) is 37.5 Å². The highest BCUT2D eigenvalue weighted by Gasteiger charge is 2.58. The summed E-state index contributed by atoms with van der Waals surface area (Å²) in [6, 6.07) is 0. The molecule has 0 heterocycles. The third-order valence-electron chi connectivity index (χ3n) is 4.93. The summed E-state index contributed by atoms with van der Waals surface area (Å²) in [7, 11) is 0. The van der Waals surface area contributed by atoms with Crippen molar-refractivity contribution in [1.82, 2.24) is 0 Å². The number of aliphatic hydroxyl groups is 1. The van der Waals surface area contributed by atoms with Crippen molar-refractivity contribution in [1.29, 1.82) is 0 Å². The van der Waals surface area contributed by atoms with E-state index < -0.39 is 5.60 Å². The molecule has 4 heteroatoms. The Morgan fingerprint density at radius 3 is 2.00 bits per heavy atom. The van der Waals surface area contributed by atoms with E-state index in [0.29, 0.717) is 0 Å². The van der Waals surface area contributed by atoms with Gasteiger partial charge in [-0.2, -0.15) is 0 Å². The van der Waals surface area contributed by atoms with Gasteiger partial charge in [0.1, 0.15) is 5.60 Å². The lowest BCUT2D eigenvalue weighted by Crippen LogP contribution is -2.60. The van der Waals surface area contributed by atoms with Crippen molar-refractivity contribution in [3.8, 4) is 0 Å². The summed E-state index contributed by atoms with van der Waals surface area (Å²) in [6.07, 6.45) is 5.41. The van der Waals surface area contributed by atoms with Crippen molar-refractivity contribution in [2.75, 3.05) is 6.54 Å². The molecule has 15 heavy (non-hydrogen) atoms. The number of nitrogens with zero attached hydrogens (tertiary/aromatic N) is 1. The molecule has 4 saturated carbocycles. The number of hydrogen-bond acceptors (Lipinski definition) is 3. The molecule has 4 rings (SSSR count). The van der Waals surface area contributed by atoms with E-state index >= 15 is 0 Å². The highest BCUT2D eigenvalue weighted by molar-refractivity contribution is 5.06. The van der Waals surface area contributed by atoms with Crippen LogP contribution in [0.1, 0.15) is 32.1 Å². The van der Waals surface area contributed by atoms with E-state index in [1.165, 1.54) is 6.42 Å². The molecular weight excluding hydrogens is 194 g/mol. The zero-order valence-corrected chi connectivity index (χ0v) is 8.76. The minimum Gasteiger partial charge on any atom is -0.382 e. The number of nitro groups is 1. The molecule has 4 fully saturated rings. The average Bonchev–Trinajstić information content (AvgIpc) is 2.12. The van der Waals surface area contributed by atoms with Gasteiger partial charge in [-0.05, 0) is 55.8 Å². The lowest BCUT2D eigenvalue weighted by atomic mass is 9.50. The van der Waals surface area contributed by atoms with Crippen LogP contribution >= 0.6 is 0 Å². The predicted octanol–water partition coefficient (Wildman–Crippen LogP) is 1.45. The summed E-state index contributed by atoms with van der Waals surface area (Å²) in [5, 5.41) is 21.2. The first-order valence-corrected chi connectivity index (χ1v) is 5.92. The van der Waals surface area contributed by atoms with Crippen molar-refractivity contribution in [2.24, 2.45) is 23.7 Å². The molecule has 84 valence electrons. The van der Waals surface area contributed by atoms with Gasteiger partial charge in [0.15, 0.2) is 0 Å². The van der Waals surface area contributed by atoms with Gasteiger partial charge in [-0.15, -0.1) is 0 Å². The molecule has 0 aliphatic heterocycles. The molecule has 0 aromatic rings. The third kappa shape index (κ3) is 1.30. The molecule has 1 N–H and O–H groups in total. The van der Waals surface area contributed by atoms with Gasteiger partial charge in [0.05, 0.1) is 0 Å². The first kappa shape index (κ1) is 9.58. The van der Waals surface area contributed by atoms with Gasteiger partial charge < -0.3 is 5.11 Å². The molecule has 4 aliphatic rings. The second-order valence-electron chi connectivity index (χ2n) is 5.79. The van der Waals surface area contributed by atoms with Crippen LogP contribution in [0.15, 0.2) is 0 Å². The van der Waals surface area contributed by atoms with Gasteiger partial charge in [0.25, 0.3) is 0 Å². The molecule has 0 unspecified atom stereocenters. The summed E-state index contributed by atoms with van der Waals surface area (Å²) >= 11 is 0. The van der Waals surface area contributed by atoms with Crippen molar-refractivity contribution < 1.29 is 10.0 Å². The fraction of sp³-hybridized carbons (Fsp3) is 1.00. The minimum atomic E-state index is -0.975. The zero-order valence-electron chi connectivity index (χ0n) is 8.76. The topological polar surface area (TPSA) is 63.4 Å². The smallest absolute Gasteiger partial charge is 0.232 e. The first-order chi connectivity index (χ1) is 7.08. The highest BCUT2D eigenvalue weighted by atomic mass is 16.6. The summed E-state index contributed by atoms with van der Waals surface area (Å²) < 4.78 is 0. The van der Waals surface area contributed by atoms with E-state index in [9.17, 15) is 15.2 Å². The van der Waals surface area contributed by atoms with Gasteiger partial charge in [-0.1, -0.05) is 0 Å². The molecule has 4 aliphatic carbocycles. The van der Waals surface area contributed by atoms with Crippen LogP contribution in [0.3, 0.4) is 0 Å². The molecule has 0 aromatic heterocycles. The minimum absolute atomic E-state index is 0.208. The fourth-order valence-corrected chi connectivity index (χ4v) is 4.47. The second kappa shape index (κ2) is 2.94. The Labute approximate surface area is 88.8 Å². The van der Waals surface area contributed by atoms with E-state index in [1.54, 1.807) is 0 Å². The molecule has 0 amide bonds. The molecular formula is C11H17NO3. The van der Waals surface area contributed by atoms with Gasteiger partial charge >= 0.3 is 0 Å². The van der Waals surface area contributed by atoms with Gasteiger partial charge in [-0.3, -0.25) is 10.1 Å². The Balaban J connectivity index is 1.87. The standard InChI is InChI=1S/C11H17NO3/c13-11(6-12(14)15)9-2-7-1-8(4-9)5-10(11)3-7/h7-10,13H,1-6H2. The van der Waals surface area contributed by atoms with Crippen LogP contribution in [-0.2, 0) is 0 Å². The Morgan fingerprint density at radius 2 is 1.60 bits per heavy atom. The van der Waals surface area contributed by atoms with E-state index in [2.05, 4.69) is 0 Å². The predicted molar refractivity (Wildman–Crippen MR) is 53.9 cm³/mol. The van der Waals surface area contributed by atoms with Crippen molar-refractivity contribution in [3.05, 3.63) is 10.1 Å². The van der Waals surface area contributed by atoms with E-state index in [4.69, 9.17) is 0 Å². The monoisotopic (exact) mass is 211 g/mol. The van der Waals surface area contributed by atoms with Crippen molar-refractivity contribution in [2.45, 2.75) is 37.7 Å². The van der Waals surface area contributed by atoms with E-state index in [-0.39, 0.29) is 23.3 Å². The molecule has 0 atom stereocenters. The number of hydrogen-bond donors (Lipinski definition) is 1. The highest BCUT2D eigenvalue weighted by Crippen LogP contribution is 2.58. The Morgan fingerprint density at radius 1 is 1.13 bits per heavy atom. The summed E-state index contributed by atoms with van der Waals surface area (Å²) in [5.41, 5.74) is -0.975. The average molecular weight is 211 g/mol. The summed E-state index contributed by atoms with van der Waals surface area (Å²) in [4.78, 5) is 10.3. The Hall–Kier alpha value is -0.640. The Bertz CT molecular complexity index is 274. The van der Waals surface area contributed by atoms with Crippen LogP contribution < -0.4 is 0 Å². The second-order valence-corrected chi connectivity index (χ2v) is 5.79. The fourth-order valence-electron chi connectivity index (χ4n) is 4.47.